The third-order valence-corrected chi connectivity index (χ3v) is 18.8. The molecule has 0 radical (unpaired) electrons. The molecule has 0 aliphatic carbocycles. The Morgan fingerprint density at radius 3 is 1.26 bits per heavy atom. The lowest BCUT2D eigenvalue weighted by molar-refractivity contribution is 1.28. The molecule has 12 rings (SSSR count). The molecule has 0 N–H and O–H groups in total. The molecule has 0 heterocycles. The van der Waals surface area contributed by atoms with Crippen molar-refractivity contribution in [3.05, 3.63) is 285 Å². The SMILES string of the molecule is Cc1cccc(N(c2ccc([Si](c3ccccc3)(c3ccccc3)c3ccccc3)cc2)c2ccc3c(c2)c2ccccc2c2c(-c4ccccc4)cc(-c4ccccc4)c(-c4ccccc4)c32)c1. The number of fused-ring (bicyclic) bond motifs is 6. The first-order valence-corrected chi connectivity index (χ1v) is 25.9. The smallest absolute Gasteiger partial charge is 0.179 e. The van der Waals surface area contributed by atoms with E-state index in [1.54, 1.807) is 0 Å². The second kappa shape index (κ2) is 17.9. The lowest BCUT2D eigenvalue weighted by atomic mass is 9.81. The Labute approximate surface area is 405 Å². The van der Waals surface area contributed by atoms with Gasteiger partial charge in [-0.1, -0.05) is 237 Å². The van der Waals surface area contributed by atoms with Gasteiger partial charge in [-0.2, -0.15) is 0 Å². The lowest BCUT2D eigenvalue weighted by Crippen LogP contribution is -2.74. The molecule has 0 saturated heterocycles. The third-order valence-electron chi connectivity index (χ3n) is 14.0. The monoisotopic (exact) mass is 895 g/mol. The van der Waals surface area contributed by atoms with E-state index in [1.165, 1.54) is 92.0 Å². The molecule has 0 fully saturated rings. The van der Waals surface area contributed by atoms with Gasteiger partial charge in [0, 0.05) is 17.1 Å². The minimum Gasteiger partial charge on any atom is -0.310 e. The van der Waals surface area contributed by atoms with E-state index in [4.69, 9.17) is 0 Å². The molecule has 12 aromatic carbocycles. The van der Waals surface area contributed by atoms with Crippen LogP contribution < -0.4 is 25.6 Å². The maximum absolute atomic E-state index is 2.73. The zero-order valence-corrected chi connectivity index (χ0v) is 39.5. The summed E-state index contributed by atoms with van der Waals surface area (Å²) in [4.78, 5) is 2.44. The fourth-order valence-electron chi connectivity index (χ4n) is 11.0. The van der Waals surface area contributed by atoms with E-state index in [-0.39, 0.29) is 0 Å². The molecule has 1 nitrogen and oxygen atoms in total. The second-order valence-corrected chi connectivity index (χ2v) is 21.8. The summed E-state index contributed by atoms with van der Waals surface area (Å²) in [5.74, 6) is 0. The van der Waals surface area contributed by atoms with Gasteiger partial charge in [0.15, 0.2) is 8.07 Å². The molecule has 0 spiro atoms. The van der Waals surface area contributed by atoms with E-state index in [0.29, 0.717) is 0 Å². The Morgan fingerprint density at radius 1 is 0.275 bits per heavy atom. The van der Waals surface area contributed by atoms with Crippen molar-refractivity contribution < 1.29 is 0 Å². The van der Waals surface area contributed by atoms with Gasteiger partial charge in [0.2, 0.25) is 0 Å². The molecular formula is C67H49NSi. The molecule has 0 bridgehead atoms. The van der Waals surface area contributed by atoms with Gasteiger partial charge in [0.1, 0.15) is 0 Å². The average molecular weight is 896 g/mol. The molecule has 0 saturated carbocycles. The van der Waals surface area contributed by atoms with Crippen LogP contribution in [0.15, 0.2) is 279 Å². The van der Waals surface area contributed by atoms with Crippen molar-refractivity contribution in [1.29, 1.82) is 0 Å². The zero-order valence-electron chi connectivity index (χ0n) is 38.5. The molecule has 2 heteroatoms. The van der Waals surface area contributed by atoms with Crippen LogP contribution in [0, 0.1) is 6.92 Å². The molecular weight excluding hydrogens is 847 g/mol. The highest BCUT2D eigenvalue weighted by Gasteiger charge is 2.41. The molecule has 0 aliphatic rings. The molecule has 0 aliphatic heterocycles. The topological polar surface area (TPSA) is 3.24 Å². The van der Waals surface area contributed by atoms with E-state index in [9.17, 15) is 0 Å². The van der Waals surface area contributed by atoms with E-state index >= 15 is 0 Å². The molecule has 12 aromatic rings. The number of rotatable bonds is 10. The van der Waals surface area contributed by atoms with Crippen LogP contribution in [0.3, 0.4) is 0 Å². The van der Waals surface area contributed by atoms with Crippen LogP contribution in [0.5, 0.6) is 0 Å². The van der Waals surface area contributed by atoms with Gasteiger partial charge in [-0.05, 0) is 141 Å². The maximum atomic E-state index is 2.44. The highest BCUT2D eigenvalue weighted by atomic mass is 28.3. The van der Waals surface area contributed by atoms with E-state index in [1.807, 2.05) is 0 Å². The third kappa shape index (κ3) is 7.34. The fraction of sp³-hybridized carbons (Fsp3) is 0.0149. The number of hydrogen-bond donors (Lipinski definition) is 0. The molecule has 0 atom stereocenters. The van der Waals surface area contributed by atoms with Crippen LogP contribution in [-0.4, -0.2) is 8.07 Å². The number of benzene rings is 12. The van der Waals surface area contributed by atoms with Crippen molar-refractivity contribution in [1.82, 2.24) is 0 Å². The Kier molecular flexibility index (Phi) is 10.9. The van der Waals surface area contributed by atoms with Crippen LogP contribution in [0.4, 0.5) is 17.1 Å². The second-order valence-electron chi connectivity index (χ2n) is 18.0. The number of anilines is 3. The standard InChI is InChI=1S/C67H49NSi/c1-48-23-22-30-53(45-48)68(52-39-42-58(43-40-52)69(55-31-14-5-15-32-55,56-33-16-6-17-34-56)57-35-18-7-19-36-57)54-41-44-61-64(46-54)59-37-20-21-38-60(59)66-63(50-26-10-3-11-27-50)47-62(49-24-8-2-9-25-49)65(67(61)66)51-28-12-4-13-29-51/h2-47H,1H3. The predicted molar refractivity (Wildman–Crippen MR) is 298 cm³/mol. The van der Waals surface area contributed by atoms with Crippen LogP contribution in [0.25, 0.3) is 65.7 Å². The molecule has 0 unspecified atom stereocenters. The van der Waals surface area contributed by atoms with Crippen molar-refractivity contribution >= 4 is 78.2 Å². The van der Waals surface area contributed by atoms with E-state index in [0.717, 1.165) is 17.1 Å². The van der Waals surface area contributed by atoms with Crippen molar-refractivity contribution in [3.8, 4) is 33.4 Å². The summed E-state index contributed by atoms with van der Waals surface area (Å²) in [7, 11) is -2.73. The highest BCUT2D eigenvalue weighted by molar-refractivity contribution is 7.19. The summed E-state index contributed by atoms with van der Waals surface area (Å²) in [6, 6.07) is 103. The molecule has 326 valence electrons. The summed E-state index contributed by atoms with van der Waals surface area (Å²) >= 11 is 0. The summed E-state index contributed by atoms with van der Waals surface area (Å²) in [5.41, 5.74) is 11.8. The van der Waals surface area contributed by atoms with Crippen molar-refractivity contribution in [2.75, 3.05) is 4.90 Å². The number of hydrogen-bond acceptors (Lipinski definition) is 1. The van der Waals surface area contributed by atoms with Crippen molar-refractivity contribution in [2.45, 2.75) is 6.92 Å². The Balaban J connectivity index is 1.13. The van der Waals surface area contributed by atoms with Gasteiger partial charge in [-0.15, -0.1) is 0 Å². The van der Waals surface area contributed by atoms with Crippen LogP contribution in [0.2, 0.25) is 0 Å². The first-order chi connectivity index (χ1) is 34.2. The molecule has 69 heavy (non-hydrogen) atoms. The van der Waals surface area contributed by atoms with Gasteiger partial charge < -0.3 is 4.90 Å². The Hall–Kier alpha value is -8.56. The van der Waals surface area contributed by atoms with Crippen LogP contribution in [-0.2, 0) is 0 Å². The Bertz CT molecular complexity index is 3650. The average Bonchev–Trinajstić information content (AvgIpc) is 3.43. The van der Waals surface area contributed by atoms with Gasteiger partial charge in [-0.25, -0.2) is 0 Å². The largest absolute Gasteiger partial charge is 0.310 e. The quantitative estimate of drug-likeness (QED) is 0.0751. The summed E-state index contributed by atoms with van der Waals surface area (Å²) in [5, 5.41) is 12.9. The van der Waals surface area contributed by atoms with Crippen molar-refractivity contribution in [3.63, 3.8) is 0 Å². The van der Waals surface area contributed by atoms with Crippen LogP contribution >= 0.6 is 0 Å². The zero-order chi connectivity index (χ0) is 46.2. The maximum Gasteiger partial charge on any atom is 0.179 e. The fourth-order valence-corrected chi connectivity index (χ4v) is 15.8. The molecule has 0 amide bonds. The number of aryl methyl sites for hydroxylation is 1. The highest BCUT2D eigenvalue weighted by Crippen LogP contribution is 2.50. The van der Waals surface area contributed by atoms with E-state index in [2.05, 4.69) is 291 Å². The van der Waals surface area contributed by atoms with Crippen LogP contribution in [0.1, 0.15) is 5.56 Å². The first-order valence-electron chi connectivity index (χ1n) is 23.9. The van der Waals surface area contributed by atoms with Crippen molar-refractivity contribution in [2.24, 2.45) is 0 Å². The number of nitrogens with zero attached hydrogens (tertiary/aromatic N) is 1. The van der Waals surface area contributed by atoms with Gasteiger partial charge >= 0.3 is 0 Å². The minimum absolute atomic E-state index is 1.10. The minimum atomic E-state index is -2.73. The van der Waals surface area contributed by atoms with Gasteiger partial charge in [0.05, 0.1) is 0 Å². The summed E-state index contributed by atoms with van der Waals surface area (Å²) in [6.45, 7) is 2.18. The van der Waals surface area contributed by atoms with Gasteiger partial charge in [0.25, 0.3) is 0 Å². The predicted octanol–water partition coefficient (Wildman–Crippen LogP) is 15.3. The van der Waals surface area contributed by atoms with E-state index < -0.39 is 8.07 Å². The van der Waals surface area contributed by atoms with Gasteiger partial charge in [-0.3, -0.25) is 0 Å². The first kappa shape index (κ1) is 41.8. The lowest BCUT2D eigenvalue weighted by Gasteiger charge is -2.35. The Morgan fingerprint density at radius 2 is 0.710 bits per heavy atom. The summed E-state index contributed by atoms with van der Waals surface area (Å²) < 4.78 is 0. The summed E-state index contributed by atoms with van der Waals surface area (Å²) in [6.07, 6.45) is 0. The normalized spacial score (nSPS) is 11.6. The molecule has 0 aromatic heterocycles.